The highest BCUT2D eigenvalue weighted by atomic mass is 35.5. The van der Waals surface area contributed by atoms with Crippen LogP contribution in [-0.4, -0.2) is 29.5 Å². The minimum atomic E-state index is 0.125. The first-order valence-electron chi connectivity index (χ1n) is 3.24. The molecule has 4 heteroatoms. The van der Waals surface area contributed by atoms with E-state index in [-0.39, 0.29) is 17.8 Å². The van der Waals surface area contributed by atoms with E-state index < -0.39 is 0 Å². The van der Waals surface area contributed by atoms with Gasteiger partial charge in [-0.3, -0.25) is 5.41 Å². The van der Waals surface area contributed by atoms with Gasteiger partial charge in [0, 0.05) is 19.0 Å². The quantitative estimate of drug-likeness (QED) is 0.521. The summed E-state index contributed by atoms with van der Waals surface area (Å²) >= 11 is 5.33. The molecule has 0 aliphatic heterocycles. The third-order valence-corrected chi connectivity index (χ3v) is 1.24. The molecule has 0 fully saturated rings. The molecule has 60 valence electrons. The van der Waals surface area contributed by atoms with E-state index in [4.69, 9.17) is 22.1 Å². The zero-order valence-electron chi connectivity index (χ0n) is 6.02. The number of aliphatic hydroxyl groups excluding tert-OH is 1. The van der Waals surface area contributed by atoms with Crippen molar-refractivity contribution in [1.82, 2.24) is 5.32 Å². The highest BCUT2D eigenvalue weighted by molar-refractivity contribution is 6.64. The Hall–Kier alpha value is -0.120. The van der Waals surface area contributed by atoms with Crippen molar-refractivity contribution in [1.29, 1.82) is 5.41 Å². The van der Waals surface area contributed by atoms with E-state index >= 15 is 0 Å². The molecule has 1 atom stereocenters. The Morgan fingerprint density at radius 1 is 1.80 bits per heavy atom. The Morgan fingerprint density at radius 3 is 2.80 bits per heavy atom. The second-order valence-electron chi connectivity index (χ2n) is 2.19. The molecular formula is C6H13ClN2O. The van der Waals surface area contributed by atoms with Gasteiger partial charge in [0.15, 0.2) is 0 Å². The topological polar surface area (TPSA) is 56.1 Å². The average Bonchev–Trinajstić information content (AvgIpc) is 1.82. The van der Waals surface area contributed by atoms with Crippen LogP contribution in [0.2, 0.25) is 0 Å². The first-order valence-corrected chi connectivity index (χ1v) is 3.61. The van der Waals surface area contributed by atoms with Crippen molar-refractivity contribution < 1.29 is 5.11 Å². The van der Waals surface area contributed by atoms with Crippen molar-refractivity contribution in [2.45, 2.75) is 19.4 Å². The van der Waals surface area contributed by atoms with Crippen molar-refractivity contribution in [3.63, 3.8) is 0 Å². The second-order valence-corrected chi connectivity index (χ2v) is 2.64. The summed E-state index contributed by atoms with van der Waals surface area (Å²) in [4.78, 5) is 0. The molecule has 3 nitrogen and oxygen atoms in total. The smallest absolute Gasteiger partial charge is 0.0984 e. The first-order chi connectivity index (χ1) is 4.66. The Bertz CT molecular complexity index is 108. The van der Waals surface area contributed by atoms with Crippen molar-refractivity contribution in [2.75, 3.05) is 13.2 Å². The average molecular weight is 165 g/mol. The van der Waals surface area contributed by atoms with Gasteiger partial charge in [-0.15, -0.1) is 0 Å². The largest absolute Gasteiger partial charge is 0.395 e. The monoisotopic (exact) mass is 164 g/mol. The molecule has 0 aromatic heterocycles. The normalized spacial score (nSPS) is 13.1. The number of nitrogens with one attached hydrogen (secondary N) is 2. The Morgan fingerprint density at radius 2 is 2.40 bits per heavy atom. The van der Waals surface area contributed by atoms with E-state index in [0.29, 0.717) is 13.0 Å². The van der Waals surface area contributed by atoms with Crippen molar-refractivity contribution in [3.05, 3.63) is 0 Å². The Labute approximate surface area is 65.9 Å². The Balaban J connectivity index is 3.25. The maximum absolute atomic E-state index is 8.40. The second kappa shape index (κ2) is 5.65. The van der Waals surface area contributed by atoms with E-state index in [1.807, 2.05) is 6.92 Å². The highest BCUT2D eigenvalue weighted by Crippen LogP contribution is 1.94. The lowest BCUT2D eigenvalue weighted by molar-refractivity contribution is 0.286. The third kappa shape index (κ3) is 6.01. The molecule has 3 N–H and O–H groups in total. The summed E-state index contributed by atoms with van der Waals surface area (Å²) < 4.78 is 0. The lowest BCUT2D eigenvalue weighted by Gasteiger charge is -2.09. The summed E-state index contributed by atoms with van der Waals surface area (Å²) in [6.07, 6.45) is 0.529. The van der Waals surface area contributed by atoms with Crippen LogP contribution in [0.25, 0.3) is 0 Å². The van der Waals surface area contributed by atoms with Crippen LogP contribution in [0.15, 0.2) is 0 Å². The van der Waals surface area contributed by atoms with E-state index in [2.05, 4.69) is 5.32 Å². The standard InChI is InChI=1S/C6H13ClN2O/c1-5(4-6(7)8)9-2-3-10/h5,8-10H,2-4H2,1H3. The van der Waals surface area contributed by atoms with Crippen LogP contribution in [0.3, 0.4) is 0 Å². The van der Waals surface area contributed by atoms with Gasteiger partial charge in [-0.05, 0) is 6.92 Å². The lowest BCUT2D eigenvalue weighted by atomic mass is 10.2. The predicted molar refractivity (Wildman–Crippen MR) is 42.7 cm³/mol. The van der Waals surface area contributed by atoms with Gasteiger partial charge in [0.2, 0.25) is 0 Å². The molecule has 0 aromatic carbocycles. The van der Waals surface area contributed by atoms with E-state index in [0.717, 1.165) is 0 Å². The lowest BCUT2D eigenvalue weighted by Crippen LogP contribution is -2.29. The molecule has 10 heavy (non-hydrogen) atoms. The summed E-state index contributed by atoms with van der Waals surface area (Å²) in [6.45, 7) is 2.61. The summed E-state index contributed by atoms with van der Waals surface area (Å²) in [5.41, 5.74) is 0. The summed E-state index contributed by atoms with van der Waals surface area (Å²) in [5, 5.41) is 18.5. The zero-order valence-corrected chi connectivity index (χ0v) is 6.78. The SMILES string of the molecule is CC(CC(=N)Cl)NCCO. The van der Waals surface area contributed by atoms with Gasteiger partial charge in [0.1, 0.15) is 0 Å². The number of halogens is 1. The number of hydrogen-bond donors (Lipinski definition) is 3. The maximum Gasteiger partial charge on any atom is 0.0984 e. The first kappa shape index (κ1) is 9.88. The molecule has 0 bridgehead atoms. The van der Waals surface area contributed by atoms with Gasteiger partial charge in [-0.2, -0.15) is 0 Å². The fraction of sp³-hybridized carbons (Fsp3) is 0.833. The van der Waals surface area contributed by atoms with Gasteiger partial charge in [-0.1, -0.05) is 11.6 Å². The van der Waals surface area contributed by atoms with Crippen LogP contribution in [0.1, 0.15) is 13.3 Å². The molecule has 0 aliphatic rings. The van der Waals surface area contributed by atoms with E-state index in [1.165, 1.54) is 0 Å². The van der Waals surface area contributed by atoms with Crippen LogP contribution < -0.4 is 5.32 Å². The Kier molecular flexibility index (Phi) is 5.58. The van der Waals surface area contributed by atoms with Gasteiger partial charge in [-0.25, -0.2) is 0 Å². The number of rotatable bonds is 5. The van der Waals surface area contributed by atoms with E-state index in [1.54, 1.807) is 0 Å². The maximum atomic E-state index is 8.40. The molecule has 0 aromatic rings. The summed E-state index contributed by atoms with van der Waals surface area (Å²) in [7, 11) is 0. The molecule has 0 amide bonds. The van der Waals surface area contributed by atoms with E-state index in [9.17, 15) is 0 Å². The van der Waals surface area contributed by atoms with Crippen LogP contribution >= 0.6 is 11.6 Å². The zero-order chi connectivity index (χ0) is 7.98. The van der Waals surface area contributed by atoms with Gasteiger partial charge >= 0.3 is 0 Å². The van der Waals surface area contributed by atoms with Crippen molar-refractivity contribution >= 4 is 16.8 Å². The fourth-order valence-corrected chi connectivity index (χ4v) is 0.883. The molecule has 0 radical (unpaired) electrons. The summed E-state index contributed by atoms with van der Waals surface area (Å²) in [5.74, 6) is 0. The molecule has 0 saturated heterocycles. The predicted octanol–water partition coefficient (Wildman–Crippen LogP) is 0.563. The number of aliphatic hydroxyl groups is 1. The number of hydrogen-bond acceptors (Lipinski definition) is 3. The van der Waals surface area contributed by atoms with Gasteiger partial charge in [0.25, 0.3) is 0 Å². The molecule has 0 heterocycles. The minimum Gasteiger partial charge on any atom is -0.395 e. The third-order valence-electron chi connectivity index (χ3n) is 1.09. The van der Waals surface area contributed by atoms with Crippen LogP contribution in [0.4, 0.5) is 0 Å². The minimum absolute atomic E-state index is 0.125. The van der Waals surface area contributed by atoms with Gasteiger partial charge in [0.05, 0.1) is 11.8 Å². The molecule has 0 spiro atoms. The summed E-state index contributed by atoms with van der Waals surface area (Å²) in [6, 6.07) is 0.178. The van der Waals surface area contributed by atoms with Crippen molar-refractivity contribution in [3.8, 4) is 0 Å². The van der Waals surface area contributed by atoms with Gasteiger partial charge < -0.3 is 10.4 Å². The van der Waals surface area contributed by atoms with Crippen LogP contribution in [0.5, 0.6) is 0 Å². The fourth-order valence-electron chi connectivity index (χ4n) is 0.652. The molecule has 0 aliphatic carbocycles. The van der Waals surface area contributed by atoms with Crippen LogP contribution in [-0.2, 0) is 0 Å². The molecular weight excluding hydrogens is 152 g/mol. The highest BCUT2D eigenvalue weighted by Gasteiger charge is 2.01. The molecule has 0 saturated carbocycles. The molecule has 0 rings (SSSR count). The molecule has 1 unspecified atom stereocenters. The van der Waals surface area contributed by atoms with Crippen molar-refractivity contribution in [2.24, 2.45) is 0 Å². The van der Waals surface area contributed by atoms with Crippen LogP contribution in [0, 0.1) is 5.41 Å².